The van der Waals surface area contributed by atoms with Gasteiger partial charge in [0.2, 0.25) is 0 Å². The van der Waals surface area contributed by atoms with Crippen molar-refractivity contribution in [3.8, 4) is 5.75 Å². The summed E-state index contributed by atoms with van der Waals surface area (Å²) in [6.45, 7) is 3.60. The maximum atomic E-state index is 10.2. The van der Waals surface area contributed by atoms with Crippen molar-refractivity contribution in [1.29, 1.82) is 0 Å². The van der Waals surface area contributed by atoms with Gasteiger partial charge in [-0.25, -0.2) is 4.79 Å². The number of rotatable bonds is 3. The Kier molecular flexibility index (Phi) is 4.70. The fourth-order valence-electron chi connectivity index (χ4n) is 1.16. The zero-order valence-corrected chi connectivity index (χ0v) is 7.70. The summed E-state index contributed by atoms with van der Waals surface area (Å²) >= 11 is 0. The Balaban J connectivity index is 0.00000169. The van der Waals surface area contributed by atoms with Gasteiger partial charge in [-0.05, 0) is 37.1 Å². The van der Waals surface area contributed by atoms with Crippen LogP contribution < -0.4 is 4.74 Å². The van der Waals surface area contributed by atoms with Gasteiger partial charge in [0.1, 0.15) is 5.75 Å². The number of carboxylic acids is 1. The van der Waals surface area contributed by atoms with Gasteiger partial charge in [0.15, 0.2) is 6.61 Å². The Morgan fingerprint density at radius 2 is 1.79 bits per heavy atom. The Labute approximate surface area is 84.3 Å². The molecule has 0 unspecified atom stereocenters. The second-order valence-corrected chi connectivity index (χ2v) is 3.01. The number of carbonyl (C=O) groups is 1. The Bertz CT molecular complexity index is 298. The van der Waals surface area contributed by atoms with Crippen molar-refractivity contribution in [3.05, 3.63) is 29.3 Å². The van der Waals surface area contributed by atoms with Crippen LogP contribution >= 0.6 is 0 Å². The van der Waals surface area contributed by atoms with Gasteiger partial charge in [0, 0.05) is 0 Å². The van der Waals surface area contributed by atoms with Gasteiger partial charge in [-0.3, -0.25) is 0 Å². The minimum atomic E-state index is -0.959. The van der Waals surface area contributed by atoms with Crippen LogP contribution in [0.4, 0.5) is 0 Å². The molecular formula is C11H16O3. The zero-order chi connectivity index (χ0) is 9.84. The molecule has 3 nitrogen and oxygen atoms in total. The molecule has 1 aromatic carbocycles. The van der Waals surface area contributed by atoms with Crippen molar-refractivity contribution in [3.63, 3.8) is 0 Å². The number of hydrogen-bond donors (Lipinski definition) is 1. The molecule has 1 aromatic rings. The monoisotopic (exact) mass is 196 g/mol. The molecule has 0 saturated heterocycles. The highest BCUT2D eigenvalue weighted by Gasteiger charge is 1.99. The number of benzene rings is 1. The average Bonchev–Trinajstić information content (AvgIpc) is 1.99. The van der Waals surface area contributed by atoms with E-state index in [9.17, 15) is 4.79 Å². The van der Waals surface area contributed by atoms with Crippen molar-refractivity contribution in [1.82, 2.24) is 0 Å². The van der Waals surface area contributed by atoms with E-state index in [2.05, 4.69) is 0 Å². The summed E-state index contributed by atoms with van der Waals surface area (Å²) in [5, 5.41) is 8.39. The van der Waals surface area contributed by atoms with E-state index in [0.717, 1.165) is 11.1 Å². The van der Waals surface area contributed by atoms with Crippen LogP contribution in [0.3, 0.4) is 0 Å². The highest BCUT2D eigenvalue weighted by Crippen LogP contribution is 2.15. The zero-order valence-electron chi connectivity index (χ0n) is 7.70. The van der Waals surface area contributed by atoms with E-state index in [4.69, 9.17) is 9.84 Å². The number of hydrogen-bond acceptors (Lipinski definition) is 2. The van der Waals surface area contributed by atoms with Crippen LogP contribution in [0.25, 0.3) is 0 Å². The van der Waals surface area contributed by atoms with Crippen LogP contribution in [-0.4, -0.2) is 17.7 Å². The molecule has 0 radical (unpaired) electrons. The van der Waals surface area contributed by atoms with Crippen molar-refractivity contribution in [2.75, 3.05) is 6.61 Å². The van der Waals surface area contributed by atoms with Crippen molar-refractivity contribution in [2.45, 2.75) is 21.3 Å². The van der Waals surface area contributed by atoms with E-state index in [1.54, 1.807) is 0 Å². The van der Waals surface area contributed by atoms with Crippen LogP contribution in [0.15, 0.2) is 18.2 Å². The molecule has 0 saturated carbocycles. The molecule has 0 aliphatic carbocycles. The van der Waals surface area contributed by atoms with Crippen molar-refractivity contribution >= 4 is 5.97 Å². The third-order valence-electron chi connectivity index (χ3n) is 1.56. The molecule has 0 aliphatic heterocycles. The van der Waals surface area contributed by atoms with E-state index >= 15 is 0 Å². The molecule has 0 bridgehead atoms. The summed E-state index contributed by atoms with van der Waals surface area (Å²) in [6, 6.07) is 5.64. The predicted molar refractivity (Wildman–Crippen MR) is 55.8 cm³/mol. The molecule has 1 rings (SSSR count). The largest absolute Gasteiger partial charge is 0.482 e. The van der Waals surface area contributed by atoms with Gasteiger partial charge in [-0.1, -0.05) is 13.5 Å². The van der Waals surface area contributed by atoms with Crippen molar-refractivity contribution < 1.29 is 14.6 Å². The Hall–Kier alpha value is -1.51. The quantitative estimate of drug-likeness (QED) is 0.807. The summed E-state index contributed by atoms with van der Waals surface area (Å²) in [5.74, 6) is -0.348. The summed E-state index contributed by atoms with van der Waals surface area (Å²) in [5.41, 5.74) is 2.14. The van der Waals surface area contributed by atoms with Crippen LogP contribution in [0, 0.1) is 13.8 Å². The standard InChI is InChI=1S/C10H12O3.CH4/c1-7-3-8(2)5-9(4-7)13-6-10(11)12;/h3-5H,6H2,1-2H3,(H,11,12);1H4. The van der Waals surface area contributed by atoms with E-state index in [1.807, 2.05) is 32.0 Å². The van der Waals surface area contributed by atoms with E-state index in [0.29, 0.717) is 5.75 Å². The smallest absolute Gasteiger partial charge is 0.341 e. The fourth-order valence-corrected chi connectivity index (χ4v) is 1.16. The molecule has 0 atom stereocenters. The summed E-state index contributed by atoms with van der Waals surface area (Å²) in [4.78, 5) is 10.2. The molecule has 14 heavy (non-hydrogen) atoms. The maximum Gasteiger partial charge on any atom is 0.341 e. The first kappa shape index (κ1) is 12.5. The third-order valence-corrected chi connectivity index (χ3v) is 1.56. The summed E-state index contributed by atoms with van der Waals surface area (Å²) in [6.07, 6.45) is 0. The molecule has 0 fully saturated rings. The number of aliphatic carboxylic acids is 1. The highest BCUT2D eigenvalue weighted by atomic mass is 16.5. The molecule has 0 amide bonds. The van der Waals surface area contributed by atoms with Crippen molar-refractivity contribution in [2.24, 2.45) is 0 Å². The molecule has 1 N–H and O–H groups in total. The molecule has 78 valence electrons. The third kappa shape index (κ3) is 3.94. The molecule has 0 aromatic heterocycles. The second kappa shape index (κ2) is 5.27. The SMILES string of the molecule is C.Cc1cc(C)cc(OCC(=O)O)c1. The molecule has 3 heteroatoms. The normalized spacial score (nSPS) is 9.00. The summed E-state index contributed by atoms with van der Waals surface area (Å²) in [7, 11) is 0. The lowest BCUT2D eigenvalue weighted by atomic mass is 10.1. The minimum Gasteiger partial charge on any atom is -0.482 e. The van der Waals surface area contributed by atoms with E-state index < -0.39 is 5.97 Å². The molecular weight excluding hydrogens is 180 g/mol. The number of ether oxygens (including phenoxy) is 1. The van der Waals surface area contributed by atoms with Crippen LogP contribution in [0.1, 0.15) is 18.6 Å². The minimum absolute atomic E-state index is 0. The lowest BCUT2D eigenvalue weighted by molar-refractivity contribution is -0.139. The van der Waals surface area contributed by atoms with Crippen LogP contribution in [0.5, 0.6) is 5.75 Å². The maximum absolute atomic E-state index is 10.2. The lowest BCUT2D eigenvalue weighted by Crippen LogP contribution is -2.09. The van der Waals surface area contributed by atoms with Gasteiger partial charge in [-0.15, -0.1) is 0 Å². The average molecular weight is 196 g/mol. The highest BCUT2D eigenvalue weighted by molar-refractivity contribution is 5.68. The van der Waals surface area contributed by atoms with Gasteiger partial charge in [0.05, 0.1) is 0 Å². The van der Waals surface area contributed by atoms with Crippen LogP contribution in [-0.2, 0) is 4.79 Å². The Morgan fingerprint density at radius 1 is 1.29 bits per heavy atom. The molecule has 0 aliphatic rings. The first-order chi connectivity index (χ1) is 6.08. The number of carboxylic acid groups (broad SMARTS) is 1. The van der Waals surface area contributed by atoms with Gasteiger partial charge in [0.25, 0.3) is 0 Å². The number of aryl methyl sites for hydroxylation is 2. The van der Waals surface area contributed by atoms with Crippen LogP contribution in [0.2, 0.25) is 0 Å². The van der Waals surface area contributed by atoms with Gasteiger partial charge in [-0.2, -0.15) is 0 Å². The Morgan fingerprint density at radius 3 is 2.21 bits per heavy atom. The van der Waals surface area contributed by atoms with E-state index in [-0.39, 0.29) is 14.0 Å². The first-order valence-corrected chi connectivity index (χ1v) is 4.01. The first-order valence-electron chi connectivity index (χ1n) is 4.01. The summed E-state index contributed by atoms with van der Waals surface area (Å²) < 4.78 is 5.03. The topological polar surface area (TPSA) is 46.5 Å². The molecule has 0 spiro atoms. The fraction of sp³-hybridized carbons (Fsp3) is 0.364. The van der Waals surface area contributed by atoms with Gasteiger partial charge < -0.3 is 9.84 Å². The predicted octanol–water partition coefficient (Wildman–Crippen LogP) is 2.40. The second-order valence-electron chi connectivity index (χ2n) is 3.01. The lowest BCUT2D eigenvalue weighted by Gasteiger charge is -2.05. The van der Waals surface area contributed by atoms with E-state index in [1.165, 1.54) is 0 Å². The molecule has 0 heterocycles. The van der Waals surface area contributed by atoms with Gasteiger partial charge >= 0.3 is 5.97 Å².